The minimum atomic E-state index is -4.94. The molecule has 4 nitrogen and oxygen atoms in total. The first kappa shape index (κ1) is 22.7. The fourth-order valence-corrected chi connectivity index (χ4v) is 3.41. The average Bonchev–Trinajstić information content (AvgIpc) is 2.80. The number of para-hydroxylation sites is 1. The Kier molecular flexibility index (Phi) is 6.33. The van der Waals surface area contributed by atoms with Crippen LogP contribution in [0.2, 0.25) is 5.02 Å². The molecule has 0 saturated heterocycles. The number of alkyl halides is 3. The molecule has 0 fully saturated rings. The Morgan fingerprint density at radius 2 is 1.70 bits per heavy atom. The van der Waals surface area contributed by atoms with Crippen molar-refractivity contribution in [2.45, 2.75) is 26.1 Å². The maximum atomic E-state index is 13.8. The third-order valence-corrected chi connectivity index (χ3v) is 5.19. The molecule has 170 valence electrons. The van der Waals surface area contributed by atoms with Crippen molar-refractivity contribution in [1.29, 1.82) is 0 Å². The number of halogens is 4. The Labute approximate surface area is 192 Å². The zero-order valence-corrected chi connectivity index (χ0v) is 18.2. The van der Waals surface area contributed by atoms with Crippen LogP contribution in [0.1, 0.15) is 23.8 Å². The molecule has 1 heterocycles. The molecule has 0 atom stereocenters. The average molecular weight is 475 g/mol. The van der Waals surface area contributed by atoms with E-state index in [1.165, 1.54) is 24.3 Å². The third-order valence-electron chi connectivity index (χ3n) is 4.94. The molecular weight excluding hydrogens is 457 g/mol. The molecule has 0 radical (unpaired) electrons. The van der Waals surface area contributed by atoms with E-state index in [4.69, 9.17) is 25.5 Å². The fourth-order valence-electron chi connectivity index (χ4n) is 3.29. The minimum Gasteiger partial charge on any atom is -0.488 e. The maximum absolute atomic E-state index is 13.8. The normalized spacial score (nSPS) is 11.5. The molecule has 0 aliphatic carbocycles. The summed E-state index contributed by atoms with van der Waals surface area (Å²) < 4.78 is 57.6. The molecule has 1 aromatic heterocycles. The van der Waals surface area contributed by atoms with E-state index in [-0.39, 0.29) is 23.3 Å². The number of hydrogen-bond donors (Lipinski definition) is 0. The number of aryl methyl sites for hydroxylation is 1. The number of rotatable bonds is 6. The molecule has 0 amide bonds. The smallest absolute Gasteiger partial charge is 0.453 e. The van der Waals surface area contributed by atoms with Gasteiger partial charge in [0.25, 0.3) is 5.76 Å². The summed E-state index contributed by atoms with van der Waals surface area (Å²) in [5.74, 6) is -1.99. The molecule has 0 saturated carbocycles. The van der Waals surface area contributed by atoms with Crippen LogP contribution in [0, 0.1) is 0 Å². The quantitative estimate of drug-likeness (QED) is 0.292. The molecule has 8 heteroatoms. The zero-order chi connectivity index (χ0) is 23.6. The van der Waals surface area contributed by atoms with Crippen LogP contribution in [0.15, 0.2) is 75.9 Å². The first-order chi connectivity index (χ1) is 15.8. The van der Waals surface area contributed by atoms with Crippen LogP contribution in [0.5, 0.6) is 17.2 Å². The van der Waals surface area contributed by atoms with Gasteiger partial charge in [0, 0.05) is 11.1 Å². The van der Waals surface area contributed by atoms with Crippen molar-refractivity contribution in [3.63, 3.8) is 0 Å². The van der Waals surface area contributed by atoms with Gasteiger partial charge < -0.3 is 13.9 Å². The van der Waals surface area contributed by atoms with Gasteiger partial charge in [-0.2, -0.15) is 13.2 Å². The number of fused-ring (bicyclic) bond motifs is 1. The number of ether oxygens (including phenoxy) is 2. The maximum Gasteiger partial charge on any atom is 0.453 e. The van der Waals surface area contributed by atoms with Crippen molar-refractivity contribution < 1.29 is 27.1 Å². The second-order valence-electron chi connectivity index (χ2n) is 7.23. The minimum absolute atomic E-state index is 0.0235. The molecule has 0 bridgehead atoms. The fraction of sp³-hybridized carbons (Fsp3) is 0.160. The van der Waals surface area contributed by atoms with Crippen LogP contribution in [-0.4, -0.2) is 0 Å². The summed E-state index contributed by atoms with van der Waals surface area (Å²) in [6, 6.07) is 17.5. The second kappa shape index (κ2) is 9.19. The SMILES string of the molecule is CCc1cc2c(=O)c(Oc3ccccc3)c(C(F)(F)F)oc2cc1OCc1ccc(Cl)cc1. The molecule has 0 spiro atoms. The van der Waals surface area contributed by atoms with Crippen LogP contribution < -0.4 is 14.9 Å². The van der Waals surface area contributed by atoms with Crippen molar-refractivity contribution in [3.8, 4) is 17.2 Å². The summed E-state index contributed by atoms with van der Waals surface area (Å²) in [5.41, 5.74) is 0.321. The first-order valence-corrected chi connectivity index (χ1v) is 10.4. The Balaban J connectivity index is 1.79. The molecule has 4 aromatic rings. The molecule has 4 rings (SSSR count). The molecule has 3 aromatic carbocycles. The van der Waals surface area contributed by atoms with Crippen molar-refractivity contribution in [3.05, 3.63) is 98.9 Å². The van der Waals surface area contributed by atoms with Crippen LogP contribution >= 0.6 is 11.6 Å². The summed E-state index contributed by atoms with van der Waals surface area (Å²) in [5, 5.41) is 0.554. The van der Waals surface area contributed by atoms with Gasteiger partial charge in [0.2, 0.25) is 11.2 Å². The molecule has 0 N–H and O–H groups in total. The van der Waals surface area contributed by atoms with Crippen LogP contribution in [0.3, 0.4) is 0 Å². The van der Waals surface area contributed by atoms with Gasteiger partial charge >= 0.3 is 6.18 Å². The lowest BCUT2D eigenvalue weighted by atomic mass is 10.1. The Hall–Kier alpha value is -3.45. The standard InChI is InChI=1S/C25H18ClF3O4/c1-2-16-12-19-21(13-20(16)31-14-15-8-10-17(26)11-9-15)33-24(25(27,28)29)23(22(19)30)32-18-6-4-3-5-7-18/h3-13H,2,14H2,1H3. The van der Waals surface area contributed by atoms with E-state index in [1.807, 2.05) is 6.92 Å². The van der Waals surface area contributed by atoms with Gasteiger partial charge in [0.1, 0.15) is 23.7 Å². The van der Waals surface area contributed by atoms with E-state index in [0.29, 0.717) is 22.8 Å². The van der Waals surface area contributed by atoms with E-state index in [2.05, 4.69) is 0 Å². The summed E-state index contributed by atoms with van der Waals surface area (Å²) in [6.45, 7) is 2.02. The van der Waals surface area contributed by atoms with Gasteiger partial charge in [-0.1, -0.05) is 48.9 Å². The summed E-state index contributed by atoms with van der Waals surface area (Å²) in [4.78, 5) is 13.1. The molecule has 0 aliphatic rings. The van der Waals surface area contributed by atoms with Gasteiger partial charge in [-0.25, -0.2) is 0 Å². The Bertz CT molecular complexity index is 1330. The highest BCUT2D eigenvalue weighted by Crippen LogP contribution is 2.39. The van der Waals surface area contributed by atoms with Crippen molar-refractivity contribution in [2.75, 3.05) is 0 Å². The van der Waals surface area contributed by atoms with E-state index < -0.39 is 23.1 Å². The monoisotopic (exact) mass is 474 g/mol. The summed E-state index contributed by atoms with van der Waals surface area (Å²) in [7, 11) is 0. The summed E-state index contributed by atoms with van der Waals surface area (Å²) >= 11 is 5.89. The first-order valence-electron chi connectivity index (χ1n) is 10.1. The van der Waals surface area contributed by atoms with Crippen molar-refractivity contribution in [2.24, 2.45) is 0 Å². The zero-order valence-electron chi connectivity index (χ0n) is 17.4. The van der Waals surface area contributed by atoms with Crippen LogP contribution in [0.25, 0.3) is 11.0 Å². The predicted octanol–water partition coefficient (Wildman–Crippen LogP) is 7.40. The highest BCUT2D eigenvalue weighted by Gasteiger charge is 2.40. The highest BCUT2D eigenvalue weighted by atomic mass is 35.5. The van der Waals surface area contributed by atoms with E-state index in [1.54, 1.807) is 42.5 Å². The van der Waals surface area contributed by atoms with E-state index in [9.17, 15) is 18.0 Å². The lowest BCUT2D eigenvalue weighted by molar-refractivity contribution is -0.154. The van der Waals surface area contributed by atoms with Gasteiger partial charge in [-0.15, -0.1) is 0 Å². The highest BCUT2D eigenvalue weighted by molar-refractivity contribution is 6.30. The van der Waals surface area contributed by atoms with Gasteiger partial charge in [-0.05, 0) is 47.9 Å². The second-order valence-corrected chi connectivity index (χ2v) is 7.66. The largest absolute Gasteiger partial charge is 0.488 e. The molecule has 0 aliphatic heterocycles. The van der Waals surface area contributed by atoms with E-state index >= 15 is 0 Å². The Morgan fingerprint density at radius 1 is 1.00 bits per heavy atom. The van der Waals surface area contributed by atoms with Crippen molar-refractivity contribution >= 4 is 22.6 Å². The number of hydrogen-bond acceptors (Lipinski definition) is 4. The number of benzene rings is 3. The lowest BCUT2D eigenvalue weighted by Gasteiger charge is -2.15. The molecular formula is C25H18ClF3O4. The van der Waals surface area contributed by atoms with Crippen LogP contribution in [-0.2, 0) is 19.2 Å². The third kappa shape index (κ3) is 4.98. The van der Waals surface area contributed by atoms with Gasteiger partial charge in [0.15, 0.2) is 0 Å². The predicted molar refractivity (Wildman–Crippen MR) is 119 cm³/mol. The lowest BCUT2D eigenvalue weighted by Crippen LogP contribution is -2.16. The van der Waals surface area contributed by atoms with Crippen molar-refractivity contribution in [1.82, 2.24) is 0 Å². The van der Waals surface area contributed by atoms with Gasteiger partial charge in [0.05, 0.1) is 5.39 Å². The van der Waals surface area contributed by atoms with Crippen LogP contribution in [0.4, 0.5) is 13.2 Å². The van der Waals surface area contributed by atoms with Gasteiger partial charge in [-0.3, -0.25) is 4.79 Å². The topological polar surface area (TPSA) is 48.7 Å². The molecule has 33 heavy (non-hydrogen) atoms. The van der Waals surface area contributed by atoms with E-state index in [0.717, 1.165) is 5.56 Å². The Morgan fingerprint density at radius 3 is 2.33 bits per heavy atom. The molecule has 0 unspecified atom stereocenters. The summed E-state index contributed by atoms with van der Waals surface area (Å²) in [6.07, 6.45) is -4.45.